The Morgan fingerprint density at radius 1 is 0.295 bits per heavy atom. The van der Waals surface area contributed by atoms with Gasteiger partial charge in [-0.05, 0) is 40.2 Å². The van der Waals surface area contributed by atoms with Crippen LogP contribution in [-0.2, 0) is 71.1 Å². The quantitative estimate of drug-likeness (QED) is 0.0534. The normalized spacial score (nSPS) is 47.2. The van der Waals surface area contributed by atoms with Crippen molar-refractivity contribution in [3.8, 4) is 0 Å². The second kappa shape index (κ2) is 35.7. The molecule has 35 atom stereocenters. The molecule has 554 valence electrons. The maximum atomic E-state index is 11.9. The highest BCUT2D eigenvalue weighted by molar-refractivity contribution is 5.67. The third-order valence-electron chi connectivity index (χ3n) is 17.9. The summed E-state index contributed by atoms with van der Waals surface area (Å²) in [6.07, 6.45) is -63.1. The molecule has 21 fully saturated rings. The number of aliphatic hydroxyl groups is 20. The standard InChI is InChI=1S/C57H100N2O36/c1-57(2,3)95-56(80)59-13-11-9-7-5-4-6-8-10-12-58-14-21-42-28(66)35(73)49(81-21)89-43-22(15-60)83-51(37(75)30(43)68)91-45-24(17-62)85-53(39(77)32(45)70)93-47-26(19-64)87-55(41(79)34(47)72)94-48-27(20-65)86-54(40(78)33(48)71)92-46-25(18-63)84-52(38(76)31(46)69)90-44-23(16-61)82-50(88-42)36(74)29(44)67/h21-55,58,60-79H,4-20H2,1-3H3,(H,59,80)/t21-,22-,23-,24-,25-,26-,27-,28-,29-,30-,31-,32-,33-,34-,35-,36-,37+,38-,39+,40-,41-,42-,43-,44-,45-,46-,47-,48-,49-,50-,51-,52-,53-,54-,55-/m1/s1. The van der Waals surface area contributed by atoms with Crippen LogP contribution in [0.4, 0.5) is 4.79 Å². The Balaban J connectivity index is 1.01. The van der Waals surface area contributed by atoms with E-state index in [1.54, 1.807) is 20.8 Å². The summed E-state index contributed by atoms with van der Waals surface area (Å²) in [6.45, 7) is -0.270. The topological polar surface area (TPSA) is 584 Å². The predicted octanol–water partition coefficient (Wildman–Crippen LogP) is -11.0. The van der Waals surface area contributed by atoms with E-state index in [9.17, 15) is 107 Å². The lowest BCUT2D eigenvalue weighted by atomic mass is 9.95. The van der Waals surface area contributed by atoms with Gasteiger partial charge in [0.05, 0.1) is 39.6 Å². The minimum atomic E-state index is -2.21. The number of hydrogen-bond donors (Lipinski definition) is 22. The highest BCUT2D eigenvalue weighted by atomic mass is 16.8. The molecule has 21 aliphatic rings. The van der Waals surface area contributed by atoms with Gasteiger partial charge in [0.2, 0.25) is 0 Å². The fourth-order valence-corrected chi connectivity index (χ4v) is 12.6. The molecule has 0 aromatic heterocycles. The van der Waals surface area contributed by atoms with E-state index in [-0.39, 0.29) is 6.54 Å². The zero-order valence-corrected chi connectivity index (χ0v) is 52.7. The van der Waals surface area contributed by atoms with Crippen molar-refractivity contribution in [3.63, 3.8) is 0 Å². The van der Waals surface area contributed by atoms with Crippen molar-refractivity contribution >= 4 is 6.09 Å². The number of hydrogen-bond acceptors (Lipinski definition) is 37. The van der Waals surface area contributed by atoms with E-state index >= 15 is 0 Å². The van der Waals surface area contributed by atoms with Crippen LogP contribution in [0.3, 0.4) is 0 Å². The Kier molecular flexibility index (Phi) is 29.5. The number of rotatable bonds is 19. The molecule has 0 aromatic rings. The van der Waals surface area contributed by atoms with Gasteiger partial charge >= 0.3 is 6.09 Å². The Labute approximate surface area is 545 Å². The molecule has 95 heavy (non-hydrogen) atoms. The smallest absolute Gasteiger partial charge is 0.407 e. The fourth-order valence-electron chi connectivity index (χ4n) is 12.6. The Hall–Kier alpha value is -2.13. The Morgan fingerprint density at radius 3 is 0.716 bits per heavy atom. The highest BCUT2D eigenvalue weighted by Gasteiger charge is 2.59. The molecule has 21 saturated heterocycles. The lowest BCUT2D eigenvalue weighted by Crippen LogP contribution is -2.68. The minimum absolute atomic E-state index is 0.216. The monoisotopic (exact) mass is 1390 g/mol. The molecule has 0 saturated carbocycles. The molecular weight excluding hydrogens is 1290 g/mol. The molecule has 22 N–H and O–H groups in total. The highest BCUT2D eigenvalue weighted by Crippen LogP contribution is 2.39. The minimum Gasteiger partial charge on any atom is -0.444 e. The first-order chi connectivity index (χ1) is 45.2. The number of aliphatic hydroxyl groups excluding tert-OH is 20. The second-order valence-electron chi connectivity index (χ2n) is 25.9. The van der Waals surface area contributed by atoms with Gasteiger partial charge in [0.15, 0.2) is 44.0 Å². The summed E-state index contributed by atoms with van der Waals surface area (Å²) < 4.78 is 87.1. The first-order valence-electron chi connectivity index (χ1n) is 32.2. The molecule has 14 bridgehead atoms. The van der Waals surface area contributed by atoms with E-state index < -0.39 is 266 Å². The van der Waals surface area contributed by atoms with Gasteiger partial charge < -0.3 is 184 Å². The molecule has 21 rings (SSSR count). The molecule has 0 unspecified atom stereocenters. The molecule has 21 aliphatic heterocycles. The van der Waals surface area contributed by atoms with Crippen LogP contribution >= 0.6 is 0 Å². The van der Waals surface area contributed by atoms with Gasteiger partial charge in [-0.1, -0.05) is 38.5 Å². The number of nitrogens with one attached hydrogen (secondary N) is 2. The summed E-state index contributed by atoms with van der Waals surface area (Å²) >= 11 is 0. The number of unbranched alkanes of at least 4 members (excludes halogenated alkanes) is 7. The van der Waals surface area contributed by atoms with E-state index in [1.165, 1.54) is 0 Å². The average Bonchev–Trinajstić information content (AvgIpc) is 0.790. The SMILES string of the molecule is CC(C)(C)OC(=O)NCCCCCCCCCCNC[C@H]1O[C@@H]2O[C@H]3[C@H](O)[C@H](O)[C@@H](O[C@H]4[C@H](O)[C@H](O)[C@@H](O[C@H]5[C@H](O)[C@@H](O)[C@@H](O[C@H]6[C@H](O)[C@@H](O)[C@@H](O[C@H]7[C@H](O)[C@@H](O)[C@@H](O[C@H]8[C@H](O)[C@@H](O)[C@@H](O[C@H]1[C@H](O)[C@H]2O)O[C@@H]8CO)O[C@@H]7CO)O[C@@H]6CO)O[C@@H]5CO)O[C@@H]4CO)O[C@@H]3CO. The first kappa shape index (κ1) is 78.6. The van der Waals surface area contributed by atoms with Gasteiger partial charge in [-0.3, -0.25) is 0 Å². The number of amides is 1. The van der Waals surface area contributed by atoms with Gasteiger partial charge in [0.1, 0.15) is 177 Å². The summed E-state index contributed by atoms with van der Waals surface area (Å²) in [5.74, 6) is 0. The van der Waals surface area contributed by atoms with Crippen LogP contribution < -0.4 is 10.6 Å². The predicted molar refractivity (Wildman–Crippen MR) is 305 cm³/mol. The van der Waals surface area contributed by atoms with Crippen molar-refractivity contribution in [3.05, 3.63) is 0 Å². The number of carbonyl (C=O) groups excluding carboxylic acids is 1. The van der Waals surface area contributed by atoms with E-state index in [4.69, 9.17) is 71.1 Å². The largest absolute Gasteiger partial charge is 0.444 e. The van der Waals surface area contributed by atoms with Crippen molar-refractivity contribution in [2.75, 3.05) is 59.3 Å². The van der Waals surface area contributed by atoms with E-state index in [1.807, 2.05) is 0 Å². The lowest BCUT2D eigenvalue weighted by molar-refractivity contribution is -0.396. The Morgan fingerprint density at radius 2 is 0.495 bits per heavy atom. The summed E-state index contributed by atoms with van der Waals surface area (Å²) in [5, 5.41) is 231. The number of carbonyl (C=O) groups is 1. The van der Waals surface area contributed by atoms with Gasteiger partial charge in [-0.15, -0.1) is 0 Å². The number of alkyl carbamates (subject to hydrolysis) is 1. The molecule has 0 radical (unpaired) electrons. The zero-order chi connectivity index (χ0) is 69.3. The van der Waals surface area contributed by atoms with E-state index in [2.05, 4.69) is 10.6 Å². The van der Waals surface area contributed by atoms with Crippen molar-refractivity contribution in [1.29, 1.82) is 0 Å². The fraction of sp³-hybridized carbons (Fsp3) is 0.982. The zero-order valence-electron chi connectivity index (χ0n) is 52.7. The van der Waals surface area contributed by atoms with E-state index in [0.717, 1.165) is 44.9 Å². The Bertz CT molecular complexity index is 2260. The van der Waals surface area contributed by atoms with Gasteiger partial charge in [-0.25, -0.2) is 4.79 Å². The third kappa shape index (κ3) is 18.8. The van der Waals surface area contributed by atoms with Crippen molar-refractivity contribution in [2.45, 2.75) is 293 Å². The third-order valence-corrected chi connectivity index (χ3v) is 17.9. The molecule has 1 amide bonds. The molecule has 0 aliphatic carbocycles. The molecule has 0 spiro atoms. The second-order valence-corrected chi connectivity index (χ2v) is 25.9. The number of ether oxygens (including phenoxy) is 15. The molecule has 0 aromatic carbocycles. The summed E-state index contributed by atoms with van der Waals surface area (Å²) in [7, 11) is 0. The van der Waals surface area contributed by atoms with Crippen LogP contribution in [0.2, 0.25) is 0 Å². The van der Waals surface area contributed by atoms with Gasteiger partial charge in [-0.2, -0.15) is 0 Å². The first-order valence-corrected chi connectivity index (χ1v) is 32.2. The molecule has 38 heteroatoms. The van der Waals surface area contributed by atoms with Crippen molar-refractivity contribution < 1.29 is 178 Å². The van der Waals surface area contributed by atoms with Crippen LogP contribution in [0.1, 0.15) is 72.1 Å². The maximum Gasteiger partial charge on any atom is 0.407 e. The van der Waals surface area contributed by atoms with Gasteiger partial charge in [0, 0.05) is 13.1 Å². The van der Waals surface area contributed by atoms with Crippen molar-refractivity contribution in [2.24, 2.45) is 0 Å². The maximum absolute atomic E-state index is 11.9. The van der Waals surface area contributed by atoms with Crippen LogP contribution in [0, 0.1) is 0 Å². The van der Waals surface area contributed by atoms with Crippen LogP contribution in [0.5, 0.6) is 0 Å². The molecule has 38 nitrogen and oxygen atoms in total. The van der Waals surface area contributed by atoms with Crippen molar-refractivity contribution in [1.82, 2.24) is 10.6 Å². The van der Waals surface area contributed by atoms with Gasteiger partial charge in [0.25, 0.3) is 0 Å². The summed E-state index contributed by atoms with van der Waals surface area (Å²) in [4.78, 5) is 11.9. The molecular formula is C57H100N2O36. The summed E-state index contributed by atoms with van der Waals surface area (Å²) in [5.41, 5.74) is -0.600. The lowest BCUT2D eigenvalue weighted by Gasteiger charge is -2.50. The van der Waals surface area contributed by atoms with Crippen LogP contribution in [0.25, 0.3) is 0 Å². The van der Waals surface area contributed by atoms with E-state index in [0.29, 0.717) is 19.5 Å². The molecule has 21 heterocycles. The summed E-state index contributed by atoms with van der Waals surface area (Å²) in [6, 6.07) is 0. The van der Waals surface area contributed by atoms with Crippen LogP contribution in [0.15, 0.2) is 0 Å². The van der Waals surface area contributed by atoms with Crippen LogP contribution in [-0.4, -0.2) is 388 Å². The average molecular weight is 1390 g/mol.